The van der Waals surface area contributed by atoms with Crippen molar-refractivity contribution in [2.24, 2.45) is 0 Å². The first-order valence-corrected chi connectivity index (χ1v) is 8.70. The van der Waals surface area contributed by atoms with Gasteiger partial charge >= 0.3 is 6.03 Å². The molecule has 1 atom stereocenters. The van der Waals surface area contributed by atoms with Gasteiger partial charge < -0.3 is 20.1 Å². The second-order valence-electron chi connectivity index (χ2n) is 4.89. The van der Waals surface area contributed by atoms with E-state index in [0.717, 1.165) is 20.7 Å². The number of carbonyl (C=O) groups is 1. The Morgan fingerprint density at radius 1 is 1.29 bits per heavy atom. The monoisotopic (exact) mass is 434 g/mol. The first kappa shape index (κ1) is 20.6. The highest BCUT2D eigenvalue weighted by atomic mass is 79.9. The molecule has 1 unspecified atom stereocenters. The van der Waals surface area contributed by atoms with Gasteiger partial charge in [-0.25, -0.2) is 4.79 Å². The van der Waals surface area contributed by atoms with E-state index >= 15 is 0 Å². The lowest BCUT2D eigenvalue weighted by Crippen LogP contribution is -2.36. The van der Waals surface area contributed by atoms with Crippen LogP contribution in [-0.2, 0) is 6.54 Å². The lowest BCUT2D eigenvalue weighted by Gasteiger charge is -2.18. The molecule has 2 N–H and O–H groups in total. The van der Waals surface area contributed by atoms with Gasteiger partial charge in [-0.15, -0.1) is 23.7 Å². The van der Waals surface area contributed by atoms with Crippen LogP contribution in [-0.4, -0.2) is 20.3 Å². The van der Waals surface area contributed by atoms with Gasteiger partial charge in [-0.1, -0.05) is 0 Å². The fourth-order valence-corrected chi connectivity index (χ4v) is 3.51. The summed E-state index contributed by atoms with van der Waals surface area (Å²) in [6, 6.07) is 7.05. The highest BCUT2D eigenvalue weighted by Crippen LogP contribution is 2.29. The van der Waals surface area contributed by atoms with Crippen LogP contribution >= 0.6 is 39.7 Å². The molecule has 2 rings (SSSR count). The molecule has 0 spiro atoms. The van der Waals surface area contributed by atoms with Crippen molar-refractivity contribution in [1.82, 2.24) is 10.6 Å². The second kappa shape index (κ2) is 9.76. The van der Waals surface area contributed by atoms with E-state index in [2.05, 4.69) is 26.6 Å². The Balaban J connectivity index is 0.00000288. The molecule has 8 heteroatoms. The highest BCUT2D eigenvalue weighted by molar-refractivity contribution is 9.10. The normalized spacial score (nSPS) is 11.2. The molecule has 0 aliphatic heterocycles. The SMILES string of the molecule is COc1ccc(OC)c(C(C)NC(=O)NCc2cc(Br)cs2)c1.Cl. The molecule has 0 radical (unpaired) electrons. The maximum absolute atomic E-state index is 12.1. The average molecular weight is 436 g/mol. The number of amides is 2. The molecule has 132 valence electrons. The van der Waals surface area contributed by atoms with Crippen LogP contribution in [0.4, 0.5) is 4.79 Å². The molecule has 0 saturated carbocycles. The molecule has 0 bridgehead atoms. The summed E-state index contributed by atoms with van der Waals surface area (Å²) in [6.07, 6.45) is 0. The predicted molar refractivity (Wildman–Crippen MR) is 103 cm³/mol. The number of benzene rings is 1. The largest absolute Gasteiger partial charge is 0.497 e. The van der Waals surface area contributed by atoms with Gasteiger partial charge in [0.15, 0.2) is 0 Å². The molecule has 5 nitrogen and oxygen atoms in total. The van der Waals surface area contributed by atoms with Crippen LogP contribution in [0.25, 0.3) is 0 Å². The van der Waals surface area contributed by atoms with Crippen molar-refractivity contribution in [3.8, 4) is 11.5 Å². The highest BCUT2D eigenvalue weighted by Gasteiger charge is 2.15. The minimum absolute atomic E-state index is 0. The van der Waals surface area contributed by atoms with E-state index in [-0.39, 0.29) is 24.5 Å². The van der Waals surface area contributed by atoms with Crippen molar-refractivity contribution < 1.29 is 14.3 Å². The zero-order valence-corrected chi connectivity index (χ0v) is 16.8. The van der Waals surface area contributed by atoms with Crippen LogP contribution < -0.4 is 20.1 Å². The van der Waals surface area contributed by atoms with Crippen LogP contribution in [0.2, 0.25) is 0 Å². The Morgan fingerprint density at radius 3 is 2.62 bits per heavy atom. The van der Waals surface area contributed by atoms with Crippen LogP contribution in [0, 0.1) is 0 Å². The summed E-state index contributed by atoms with van der Waals surface area (Å²) < 4.78 is 11.6. The number of methoxy groups -OCH3 is 2. The third-order valence-corrected chi connectivity index (χ3v) is 4.99. The summed E-state index contributed by atoms with van der Waals surface area (Å²) in [5.41, 5.74) is 0.862. The van der Waals surface area contributed by atoms with Crippen molar-refractivity contribution >= 4 is 45.7 Å². The standard InChI is InChI=1S/C16H19BrN2O3S.ClH/c1-10(14-7-12(21-2)4-5-15(14)22-3)19-16(20)18-8-13-6-11(17)9-23-13;/h4-7,9-10H,8H2,1-3H3,(H2,18,19,20);1H. The van der Waals surface area contributed by atoms with Crippen molar-refractivity contribution in [3.63, 3.8) is 0 Å². The minimum Gasteiger partial charge on any atom is -0.497 e. The average Bonchev–Trinajstić information content (AvgIpc) is 2.97. The van der Waals surface area contributed by atoms with Crippen LogP contribution in [0.5, 0.6) is 11.5 Å². The number of hydrogen-bond donors (Lipinski definition) is 2. The zero-order chi connectivity index (χ0) is 16.8. The molecule has 1 heterocycles. The quantitative estimate of drug-likeness (QED) is 0.702. The van der Waals surface area contributed by atoms with E-state index < -0.39 is 0 Å². The number of hydrogen-bond acceptors (Lipinski definition) is 4. The molecule has 2 amide bonds. The molecular formula is C16H20BrClN2O3S. The van der Waals surface area contributed by atoms with Gasteiger partial charge in [-0.05, 0) is 47.1 Å². The number of carbonyl (C=O) groups excluding carboxylic acids is 1. The molecule has 24 heavy (non-hydrogen) atoms. The number of ether oxygens (including phenoxy) is 2. The number of nitrogens with one attached hydrogen (secondary N) is 2. The summed E-state index contributed by atoms with van der Waals surface area (Å²) in [6.45, 7) is 2.39. The maximum atomic E-state index is 12.1. The fraction of sp³-hybridized carbons (Fsp3) is 0.312. The number of thiophene rings is 1. The van der Waals surface area contributed by atoms with Gasteiger partial charge in [0, 0.05) is 20.3 Å². The van der Waals surface area contributed by atoms with E-state index in [1.54, 1.807) is 25.6 Å². The first-order valence-electron chi connectivity index (χ1n) is 7.02. The van der Waals surface area contributed by atoms with Crippen LogP contribution in [0.1, 0.15) is 23.4 Å². The van der Waals surface area contributed by atoms with Gasteiger partial charge in [0.25, 0.3) is 0 Å². The van der Waals surface area contributed by atoms with E-state index in [1.807, 2.05) is 36.6 Å². The van der Waals surface area contributed by atoms with Gasteiger partial charge in [0.05, 0.1) is 26.8 Å². The van der Waals surface area contributed by atoms with Gasteiger partial charge in [-0.2, -0.15) is 0 Å². The molecule has 0 fully saturated rings. The summed E-state index contributed by atoms with van der Waals surface area (Å²) >= 11 is 4.99. The lowest BCUT2D eigenvalue weighted by atomic mass is 10.1. The molecular weight excluding hydrogens is 416 g/mol. The fourth-order valence-electron chi connectivity index (χ4n) is 2.12. The van der Waals surface area contributed by atoms with Crippen LogP contribution in [0.3, 0.4) is 0 Å². The Kier molecular flexibility index (Phi) is 8.38. The van der Waals surface area contributed by atoms with Gasteiger partial charge in [0.2, 0.25) is 0 Å². The van der Waals surface area contributed by atoms with Crippen molar-refractivity contribution in [1.29, 1.82) is 0 Å². The van der Waals surface area contributed by atoms with E-state index in [0.29, 0.717) is 12.3 Å². The lowest BCUT2D eigenvalue weighted by molar-refractivity contribution is 0.237. The number of urea groups is 1. The Bertz CT molecular complexity index is 681. The molecule has 0 aliphatic rings. The molecule has 0 aliphatic carbocycles. The Morgan fingerprint density at radius 2 is 2.04 bits per heavy atom. The smallest absolute Gasteiger partial charge is 0.315 e. The van der Waals surface area contributed by atoms with Gasteiger partial charge in [0.1, 0.15) is 11.5 Å². The summed E-state index contributed by atoms with van der Waals surface area (Å²) in [4.78, 5) is 13.1. The predicted octanol–water partition coefficient (Wildman–Crippen LogP) is 4.51. The van der Waals surface area contributed by atoms with E-state index in [1.165, 1.54) is 0 Å². The third-order valence-electron chi connectivity index (χ3n) is 3.30. The first-order chi connectivity index (χ1) is 11.0. The molecule has 2 aromatic rings. The summed E-state index contributed by atoms with van der Waals surface area (Å²) in [5.74, 6) is 1.43. The molecule has 0 saturated heterocycles. The summed E-state index contributed by atoms with van der Waals surface area (Å²) in [5, 5.41) is 7.74. The molecule has 1 aromatic heterocycles. The van der Waals surface area contributed by atoms with E-state index in [9.17, 15) is 4.79 Å². The minimum atomic E-state index is -0.230. The third kappa shape index (κ3) is 5.58. The Hall–Kier alpha value is -1.44. The molecule has 1 aromatic carbocycles. The second-order valence-corrected chi connectivity index (χ2v) is 6.80. The van der Waals surface area contributed by atoms with Gasteiger partial charge in [-0.3, -0.25) is 0 Å². The van der Waals surface area contributed by atoms with Crippen LogP contribution in [0.15, 0.2) is 34.1 Å². The number of halogens is 2. The maximum Gasteiger partial charge on any atom is 0.315 e. The van der Waals surface area contributed by atoms with E-state index in [4.69, 9.17) is 9.47 Å². The number of rotatable bonds is 6. The van der Waals surface area contributed by atoms with Crippen molar-refractivity contribution in [2.45, 2.75) is 19.5 Å². The topological polar surface area (TPSA) is 59.6 Å². The Labute approximate surface area is 160 Å². The zero-order valence-electron chi connectivity index (χ0n) is 13.6. The van der Waals surface area contributed by atoms with Crippen molar-refractivity contribution in [2.75, 3.05) is 14.2 Å². The van der Waals surface area contributed by atoms with Crippen molar-refractivity contribution in [3.05, 3.63) is 44.6 Å². The summed E-state index contributed by atoms with van der Waals surface area (Å²) in [7, 11) is 3.21.